The van der Waals surface area contributed by atoms with E-state index < -0.39 is 5.97 Å². The lowest BCUT2D eigenvalue weighted by atomic mass is 9.86. The molecule has 0 spiro atoms. The van der Waals surface area contributed by atoms with E-state index in [1.54, 1.807) is 0 Å². The zero-order valence-electron chi connectivity index (χ0n) is 14.0. The topological polar surface area (TPSA) is 69.6 Å². The smallest absolute Gasteiger partial charge is 0.318 e. The maximum Gasteiger partial charge on any atom is 0.318 e. The third-order valence-corrected chi connectivity index (χ3v) is 6.32. The number of thioether (sulfide) groups is 1. The van der Waals surface area contributed by atoms with Gasteiger partial charge in [-0.05, 0) is 43.4 Å². The first-order valence-electron chi connectivity index (χ1n) is 8.67. The van der Waals surface area contributed by atoms with Gasteiger partial charge in [-0.1, -0.05) is 23.7 Å². The Morgan fingerprint density at radius 3 is 2.48 bits per heavy atom. The van der Waals surface area contributed by atoms with Crippen molar-refractivity contribution in [3.63, 3.8) is 0 Å². The van der Waals surface area contributed by atoms with Crippen LogP contribution in [0.2, 0.25) is 5.02 Å². The monoisotopic (exact) mass is 382 g/mol. The van der Waals surface area contributed by atoms with Crippen LogP contribution in [-0.4, -0.2) is 46.1 Å². The number of nitrogens with zero attached hydrogens (tertiary/aromatic N) is 1. The van der Waals surface area contributed by atoms with Crippen LogP contribution in [0.4, 0.5) is 4.79 Å². The SMILES string of the molecule is O=C(O)C1CCC(NC(=O)N2CCSCC2c2ccc(Cl)cc2)CC1. The number of benzene rings is 1. The fourth-order valence-corrected chi connectivity index (χ4v) is 4.76. The third kappa shape index (κ3) is 4.61. The second-order valence-corrected chi connectivity index (χ2v) is 8.26. The molecule has 2 fully saturated rings. The molecule has 1 aliphatic carbocycles. The van der Waals surface area contributed by atoms with Gasteiger partial charge in [0.15, 0.2) is 0 Å². The maximum absolute atomic E-state index is 12.8. The molecule has 2 N–H and O–H groups in total. The van der Waals surface area contributed by atoms with Crippen LogP contribution >= 0.6 is 23.4 Å². The summed E-state index contributed by atoms with van der Waals surface area (Å²) >= 11 is 7.83. The number of halogens is 1. The van der Waals surface area contributed by atoms with Crippen LogP contribution in [0.3, 0.4) is 0 Å². The average Bonchev–Trinajstić information content (AvgIpc) is 2.63. The Labute approximate surface area is 157 Å². The molecule has 1 aromatic carbocycles. The van der Waals surface area contributed by atoms with Crippen LogP contribution in [-0.2, 0) is 4.79 Å². The molecule has 1 aromatic rings. The summed E-state index contributed by atoms with van der Waals surface area (Å²) in [6, 6.07) is 7.77. The predicted octanol–water partition coefficient (Wildman–Crippen LogP) is 3.78. The molecule has 7 heteroatoms. The minimum absolute atomic E-state index is 0.0426. The number of hydrogen-bond acceptors (Lipinski definition) is 3. The van der Waals surface area contributed by atoms with Crippen LogP contribution in [0.1, 0.15) is 37.3 Å². The summed E-state index contributed by atoms with van der Waals surface area (Å²) in [5.41, 5.74) is 1.10. The van der Waals surface area contributed by atoms with Gasteiger partial charge in [0.1, 0.15) is 0 Å². The summed E-state index contributed by atoms with van der Waals surface area (Å²) < 4.78 is 0. The van der Waals surface area contributed by atoms with Crippen molar-refractivity contribution in [1.29, 1.82) is 0 Å². The second kappa shape index (κ2) is 8.32. The first-order valence-corrected chi connectivity index (χ1v) is 10.2. The third-order valence-electron chi connectivity index (χ3n) is 5.05. The molecule has 25 heavy (non-hydrogen) atoms. The maximum atomic E-state index is 12.8. The number of aliphatic carboxylic acids is 1. The Morgan fingerprint density at radius 2 is 1.84 bits per heavy atom. The fraction of sp³-hybridized carbons (Fsp3) is 0.556. The van der Waals surface area contributed by atoms with Crippen molar-refractivity contribution in [3.8, 4) is 0 Å². The van der Waals surface area contributed by atoms with Gasteiger partial charge in [0, 0.05) is 29.1 Å². The van der Waals surface area contributed by atoms with Crippen molar-refractivity contribution in [2.75, 3.05) is 18.1 Å². The Morgan fingerprint density at radius 1 is 1.16 bits per heavy atom. The van der Waals surface area contributed by atoms with Gasteiger partial charge in [0.2, 0.25) is 0 Å². The van der Waals surface area contributed by atoms with Gasteiger partial charge in [-0.25, -0.2) is 4.79 Å². The minimum Gasteiger partial charge on any atom is -0.481 e. The van der Waals surface area contributed by atoms with Crippen LogP contribution < -0.4 is 5.32 Å². The highest BCUT2D eigenvalue weighted by Crippen LogP contribution is 2.31. The first-order chi connectivity index (χ1) is 12.0. The first kappa shape index (κ1) is 18.4. The molecule has 1 heterocycles. The number of hydrogen-bond donors (Lipinski definition) is 2. The molecule has 1 saturated heterocycles. The normalized spacial score (nSPS) is 26.9. The van der Waals surface area contributed by atoms with Crippen molar-refractivity contribution in [2.24, 2.45) is 5.92 Å². The van der Waals surface area contributed by atoms with E-state index in [-0.39, 0.29) is 24.0 Å². The van der Waals surface area contributed by atoms with Gasteiger partial charge in [-0.2, -0.15) is 11.8 Å². The Kier molecular flexibility index (Phi) is 6.12. The van der Waals surface area contributed by atoms with Gasteiger partial charge >= 0.3 is 12.0 Å². The van der Waals surface area contributed by atoms with Gasteiger partial charge in [0.25, 0.3) is 0 Å². The number of carbonyl (C=O) groups excluding carboxylic acids is 1. The number of nitrogens with one attached hydrogen (secondary N) is 1. The molecule has 0 radical (unpaired) electrons. The zero-order chi connectivity index (χ0) is 17.8. The summed E-state index contributed by atoms with van der Waals surface area (Å²) in [7, 11) is 0. The number of carboxylic acid groups (broad SMARTS) is 1. The Hall–Kier alpha value is -1.40. The molecule has 136 valence electrons. The average molecular weight is 383 g/mol. The summed E-state index contributed by atoms with van der Waals surface area (Å²) in [5.74, 6) is 0.825. The highest BCUT2D eigenvalue weighted by atomic mass is 35.5. The molecular formula is C18H23ClN2O3S. The summed E-state index contributed by atoms with van der Waals surface area (Å²) in [6.45, 7) is 0.717. The lowest BCUT2D eigenvalue weighted by Crippen LogP contribution is -2.50. The molecule has 0 bridgehead atoms. The molecular weight excluding hydrogens is 360 g/mol. The second-order valence-electron chi connectivity index (χ2n) is 6.67. The van der Waals surface area contributed by atoms with E-state index >= 15 is 0 Å². The highest BCUT2D eigenvalue weighted by Gasteiger charge is 2.31. The Balaban J connectivity index is 1.61. The van der Waals surface area contributed by atoms with Crippen molar-refractivity contribution < 1.29 is 14.7 Å². The molecule has 2 aliphatic rings. The molecule has 2 amide bonds. The molecule has 1 atom stereocenters. The summed E-state index contributed by atoms with van der Waals surface area (Å²) in [4.78, 5) is 25.7. The lowest BCUT2D eigenvalue weighted by molar-refractivity contribution is -0.142. The molecule has 0 aromatic heterocycles. The van der Waals surface area contributed by atoms with E-state index in [0.29, 0.717) is 24.4 Å². The van der Waals surface area contributed by atoms with Gasteiger partial charge in [-0.15, -0.1) is 0 Å². The summed E-state index contributed by atoms with van der Waals surface area (Å²) in [5, 5.41) is 12.9. The predicted molar refractivity (Wildman–Crippen MR) is 100 cm³/mol. The number of carbonyl (C=O) groups is 2. The van der Waals surface area contributed by atoms with Crippen molar-refractivity contribution in [3.05, 3.63) is 34.9 Å². The van der Waals surface area contributed by atoms with Gasteiger partial charge in [-0.3, -0.25) is 4.79 Å². The van der Waals surface area contributed by atoms with E-state index in [4.69, 9.17) is 16.7 Å². The quantitative estimate of drug-likeness (QED) is 0.834. The van der Waals surface area contributed by atoms with E-state index in [0.717, 1.165) is 29.9 Å². The fourth-order valence-electron chi connectivity index (χ4n) is 3.55. The van der Waals surface area contributed by atoms with Crippen molar-refractivity contribution in [2.45, 2.75) is 37.8 Å². The van der Waals surface area contributed by atoms with Crippen LogP contribution in [0.15, 0.2) is 24.3 Å². The van der Waals surface area contributed by atoms with E-state index in [2.05, 4.69) is 5.32 Å². The minimum atomic E-state index is -0.722. The Bertz CT molecular complexity index is 617. The van der Waals surface area contributed by atoms with Crippen LogP contribution in [0, 0.1) is 5.92 Å². The van der Waals surface area contributed by atoms with Crippen molar-refractivity contribution in [1.82, 2.24) is 10.2 Å². The molecule has 1 saturated carbocycles. The summed E-state index contributed by atoms with van der Waals surface area (Å²) in [6.07, 6.45) is 2.74. The van der Waals surface area contributed by atoms with Gasteiger partial charge in [0.05, 0.1) is 12.0 Å². The van der Waals surface area contributed by atoms with E-state index in [1.165, 1.54) is 0 Å². The van der Waals surface area contributed by atoms with Crippen LogP contribution in [0.5, 0.6) is 0 Å². The highest BCUT2D eigenvalue weighted by molar-refractivity contribution is 7.99. The number of amides is 2. The molecule has 5 nitrogen and oxygen atoms in total. The lowest BCUT2D eigenvalue weighted by Gasteiger charge is -2.37. The molecule has 1 aliphatic heterocycles. The molecule has 3 rings (SSSR count). The number of carboxylic acids is 1. The van der Waals surface area contributed by atoms with E-state index in [1.807, 2.05) is 40.9 Å². The molecule has 1 unspecified atom stereocenters. The van der Waals surface area contributed by atoms with E-state index in [9.17, 15) is 9.59 Å². The standard InChI is InChI=1S/C18H23ClN2O3S/c19-14-5-1-12(2-6-14)16-11-25-10-9-21(16)18(24)20-15-7-3-13(4-8-15)17(22)23/h1-2,5-6,13,15-16H,3-4,7-11H2,(H,20,24)(H,22,23). The largest absolute Gasteiger partial charge is 0.481 e. The van der Waals surface area contributed by atoms with Crippen LogP contribution in [0.25, 0.3) is 0 Å². The van der Waals surface area contributed by atoms with Gasteiger partial charge < -0.3 is 15.3 Å². The number of urea groups is 1. The number of rotatable bonds is 3. The van der Waals surface area contributed by atoms with Crippen molar-refractivity contribution >= 4 is 35.4 Å². The zero-order valence-corrected chi connectivity index (χ0v) is 15.6.